The van der Waals surface area contributed by atoms with Crippen LogP contribution >= 0.6 is 0 Å². The second-order valence-electron chi connectivity index (χ2n) is 4.13. The highest BCUT2D eigenvalue weighted by molar-refractivity contribution is 6.58. The summed E-state index contributed by atoms with van der Waals surface area (Å²) in [4.78, 5) is 17.3. The Morgan fingerprint density at radius 2 is 2.29 bits per heavy atom. The van der Waals surface area contributed by atoms with Gasteiger partial charge in [-0.15, -0.1) is 0 Å². The van der Waals surface area contributed by atoms with Crippen molar-refractivity contribution in [2.45, 2.75) is 6.42 Å². The summed E-state index contributed by atoms with van der Waals surface area (Å²) in [6.45, 7) is 1.05. The maximum Gasteiger partial charge on any atom is 0.490 e. The van der Waals surface area contributed by atoms with Crippen LogP contribution in [-0.2, 0) is 4.79 Å². The summed E-state index contributed by atoms with van der Waals surface area (Å²) >= 11 is 0. The Bertz CT molecular complexity index is 410. The van der Waals surface area contributed by atoms with Crippen LogP contribution in [0.1, 0.15) is 6.42 Å². The van der Waals surface area contributed by atoms with Crippen LogP contribution in [0.2, 0.25) is 0 Å². The molecule has 1 aromatic rings. The standard InChI is InChI=1S/C10H14BN3O3/c12-4-7-3-10(15)14(6-7)9-2-1-8(5-13-9)11(16)17/h1-2,5,7,16-17H,3-4,6,12H2. The van der Waals surface area contributed by atoms with Crippen molar-refractivity contribution in [2.75, 3.05) is 18.0 Å². The van der Waals surface area contributed by atoms with Crippen molar-refractivity contribution in [3.63, 3.8) is 0 Å². The summed E-state index contributed by atoms with van der Waals surface area (Å²) in [7, 11) is -1.54. The Hall–Kier alpha value is -1.44. The highest BCUT2D eigenvalue weighted by atomic mass is 16.4. The smallest absolute Gasteiger partial charge is 0.423 e. The molecule has 0 aliphatic carbocycles. The first-order valence-electron chi connectivity index (χ1n) is 5.44. The maximum absolute atomic E-state index is 11.7. The predicted octanol–water partition coefficient (Wildman–Crippen LogP) is -1.93. The molecule has 1 amide bonds. The van der Waals surface area contributed by atoms with E-state index >= 15 is 0 Å². The average Bonchev–Trinajstić information content (AvgIpc) is 2.71. The maximum atomic E-state index is 11.7. The van der Waals surface area contributed by atoms with Crippen LogP contribution in [0.5, 0.6) is 0 Å². The molecule has 90 valence electrons. The Balaban J connectivity index is 2.15. The highest BCUT2D eigenvalue weighted by Gasteiger charge is 2.30. The molecule has 1 aromatic heterocycles. The zero-order valence-corrected chi connectivity index (χ0v) is 9.28. The molecular weight excluding hydrogens is 221 g/mol. The number of carbonyl (C=O) groups excluding carboxylic acids is 1. The lowest BCUT2D eigenvalue weighted by molar-refractivity contribution is -0.117. The number of rotatable bonds is 3. The van der Waals surface area contributed by atoms with Crippen LogP contribution in [0.3, 0.4) is 0 Å². The van der Waals surface area contributed by atoms with Gasteiger partial charge < -0.3 is 15.8 Å². The van der Waals surface area contributed by atoms with Crippen molar-refractivity contribution in [1.29, 1.82) is 0 Å². The van der Waals surface area contributed by atoms with E-state index in [0.29, 0.717) is 30.8 Å². The van der Waals surface area contributed by atoms with Gasteiger partial charge in [-0.05, 0) is 18.5 Å². The fourth-order valence-corrected chi connectivity index (χ4v) is 1.87. The first-order chi connectivity index (χ1) is 8.11. The molecule has 1 unspecified atom stereocenters. The van der Waals surface area contributed by atoms with Gasteiger partial charge in [0.25, 0.3) is 0 Å². The zero-order chi connectivity index (χ0) is 12.4. The minimum Gasteiger partial charge on any atom is -0.423 e. The number of nitrogens with zero attached hydrogens (tertiary/aromatic N) is 2. The van der Waals surface area contributed by atoms with E-state index in [1.54, 1.807) is 11.0 Å². The van der Waals surface area contributed by atoms with E-state index in [9.17, 15) is 4.79 Å². The number of hydrogen-bond acceptors (Lipinski definition) is 5. The molecule has 0 spiro atoms. The van der Waals surface area contributed by atoms with E-state index in [-0.39, 0.29) is 11.8 Å². The number of aromatic nitrogens is 1. The van der Waals surface area contributed by atoms with Crippen LogP contribution in [0, 0.1) is 5.92 Å². The van der Waals surface area contributed by atoms with Crippen LogP contribution < -0.4 is 16.1 Å². The quantitative estimate of drug-likeness (QED) is 0.530. The van der Waals surface area contributed by atoms with Gasteiger partial charge in [0.15, 0.2) is 0 Å². The average molecular weight is 235 g/mol. The summed E-state index contributed by atoms with van der Waals surface area (Å²) in [5.74, 6) is 0.702. The second-order valence-corrected chi connectivity index (χ2v) is 4.13. The SMILES string of the molecule is NCC1CC(=O)N(c2ccc(B(O)O)cn2)C1. The molecular formula is C10H14BN3O3. The molecule has 0 bridgehead atoms. The number of hydrogen-bond donors (Lipinski definition) is 3. The van der Waals surface area contributed by atoms with Gasteiger partial charge in [0.1, 0.15) is 5.82 Å². The first-order valence-corrected chi connectivity index (χ1v) is 5.44. The lowest BCUT2D eigenvalue weighted by Gasteiger charge is -2.15. The van der Waals surface area contributed by atoms with E-state index in [2.05, 4.69) is 4.98 Å². The third-order valence-electron chi connectivity index (χ3n) is 2.88. The molecule has 0 radical (unpaired) electrons. The monoisotopic (exact) mass is 235 g/mol. The van der Waals surface area contributed by atoms with Crippen molar-refractivity contribution >= 4 is 24.3 Å². The lowest BCUT2D eigenvalue weighted by atomic mass is 9.82. The van der Waals surface area contributed by atoms with Gasteiger partial charge in [0, 0.05) is 24.6 Å². The summed E-state index contributed by atoms with van der Waals surface area (Å²) in [5, 5.41) is 17.9. The highest BCUT2D eigenvalue weighted by Crippen LogP contribution is 2.21. The molecule has 1 fully saturated rings. The van der Waals surface area contributed by atoms with Gasteiger partial charge in [-0.1, -0.05) is 6.07 Å². The number of pyridine rings is 1. The number of nitrogens with two attached hydrogens (primary N) is 1. The molecule has 2 rings (SSSR count). The van der Waals surface area contributed by atoms with Gasteiger partial charge in [-0.3, -0.25) is 9.69 Å². The van der Waals surface area contributed by atoms with E-state index in [0.717, 1.165) is 0 Å². The molecule has 0 saturated carbocycles. The normalized spacial score (nSPS) is 19.8. The molecule has 6 nitrogen and oxygen atoms in total. The van der Waals surface area contributed by atoms with Crippen molar-refractivity contribution in [3.8, 4) is 0 Å². The van der Waals surface area contributed by atoms with Gasteiger partial charge in [0.2, 0.25) is 5.91 Å². The van der Waals surface area contributed by atoms with Crippen LogP contribution in [0.25, 0.3) is 0 Å². The molecule has 17 heavy (non-hydrogen) atoms. The van der Waals surface area contributed by atoms with Gasteiger partial charge in [-0.25, -0.2) is 4.98 Å². The Morgan fingerprint density at radius 3 is 2.76 bits per heavy atom. The van der Waals surface area contributed by atoms with E-state index in [4.69, 9.17) is 15.8 Å². The number of anilines is 1. The van der Waals surface area contributed by atoms with Crippen molar-refractivity contribution in [3.05, 3.63) is 18.3 Å². The topological polar surface area (TPSA) is 99.7 Å². The molecule has 4 N–H and O–H groups in total. The molecule has 2 heterocycles. The van der Waals surface area contributed by atoms with Crippen molar-refractivity contribution < 1.29 is 14.8 Å². The fourth-order valence-electron chi connectivity index (χ4n) is 1.87. The van der Waals surface area contributed by atoms with Crippen LogP contribution in [0.4, 0.5) is 5.82 Å². The minimum absolute atomic E-state index is 0.00486. The fraction of sp³-hybridized carbons (Fsp3) is 0.400. The molecule has 1 saturated heterocycles. The number of carbonyl (C=O) groups is 1. The zero-order valence-electron chi connectivity index (χ0n) is 9.28. The second kappa shape index (κ2) is 4.83. The molecule has 7 heteroatoms. The van der Waals surface area contributed by atoms with Gasteiger partial charge in [-0.2, -0.15) is 0 Å². The first kappa shape index (κ1) is 12.0. The molecule has 1 aliphatic rings. The summed E-state index contributed by atoms with van der Waals surface area (Å²) < 4.78 is 0. The van der Waals surface area contributed by atoms with E-state index in [1.807, 2.05) is 0 Å². The third-order valence-corrected chi connectivity index (χ3v) is 2.88. The molecule has 1 atom stereocenters. The van der Waals surface area contributed by atoms with E-state index < -0.39 is 7.12 Å². The van der Waals surface area contributed by atoms with Gasteiger partial charge in [0.05, 0.1) is 0 Å². The lowest BCUT2D eigenvalue weighted by Crippen LogP contribution is -2.32. The molecule has 1 aliphatic heterocycles. The Labute approximate surface area is 99.2 Å². The van der Waals surface area contributed by atoms with Crippen LogP contribution in [-0.4, -0.2) is 41.1 Å². The predicted molar refractivity (Wildman–Crippen MR) is 63.6 cm³/mol. The van der Waals surface area contributed by atoms with Crippen LogP contribution in [0.15, 0.2) is 18.3 Å². The van der Waals surface area contributed by atoms with Gasteiger partial charge >= 0.3 is 7.12 Å². The number of amides is 1. The third kappa shape index (κ3) is 2.46. The van der Waals surface area contributed by atoms with E-state index in [1.165, 1.54) is 12.3 Å². The van der Waals surface area contributed by atoms with Crippen molar-refractivity contribution in [1.82, 2.24) is 4.98 Å². The van der Waals surface area contributed by atoms with Crippen molar-refractivity contribution in [2.24, 2.45) is 11.7 Å². The Morgan fingerprint density at radius 1 is 1.53 bits per heavy atom. The summed E-state index contributed by atoms with van der Waals surface area (Å²) in [6, 6.07) is 3.14. The molecule has 0 aromatic carbocycles. The Kier molecular flexibility index (Phi) is 3.42. The summed E-state index contributed by atoms with van der Waals surface area (Å²) in [5.41, 5.74) is 5.84. The largest absolute Gasteiger partial charge is 0.490 e. The minimum atomic E-state index is -1.54. The summed E-state index contributed by atoms with van der Waals surface area (Å²) in [6.07, 6.45) is 1.80.